The number of nitrogens with one attached hydrogen (secondary N) is 1. The zero-order chi connectivity index (χ0) is 11.4. The van der Waals surface area contributed by atoms with Crippen molar-refractivity contribution in [2.24, 2.45) is 12.8 Å². The number of carbonyl (C=O) groups is 1. The van der Waals surface area contributed by atoms with Gasteiger partial charge in [0.2, 0.25) is 0 Å². The minimum atomic E-state index is -0.202. The lowest BCUT2D eigenvalue weighted by Gasteiger charge is -2.23. The van der Waals surface area contributed by atoms with Crippen LogP contribution in [0.3, 0.4) is 0 Å². The Bertz CT molecular complexity index is 335. The Labute approximate surface area is 89.0 Å². The van der Waals surface area contributed by atoms with Crippen LogP contribution in [0.5, 0.6) is 0 Å². The van der Waals surface area contributed by atoms with Crippen molar-refractivity contribution in [3.8, 4) is 0 Å². The van der Waals surface area contributed by atoms with E-state index in [0.29, 0.717) is 12.4 Å². The molecule has 0 spiro atoms. The number of amides is 2. The number of hydrogen-bond acceptors (Lipinski definition) is 3. The minimum Gasteiger partial charge on any atom is -0.328 e. The molecule has 1 aromatic rings. The number of urea groups is 1. The van der Waals surface area contributed by atoms with Gasteiger partial charge in [-0.25, -0.2) is 4.79 Å². The first-order valence-corrected chi connectivity index (χ1v) is 4.78. The van der Waals surface area contributed by atoms with Crippen LogP contribution in [-0.4, -0.2) is 40.3 Å². The summed E-state index contributed by atoms with van der Waals surface area (Å²) in [6.45, 7) is 2.32. The van der Waals surface area contributed by atoms with Crippen molar-refractivity contribution in [1.29, 1.82) is 0 Å². The van der Waals surface area contributed by atoms with Crippen LogP contribution in [-0.2, 0) is 7.05 Å². The predicted octanol–water partition coefficient (Wildman–Crippen LogP) is 0.231. The smallest absolute Gasteiger partial charge is 0.323 e. The third-order valence-electron chi connectivity index (χ3n) is 2.27. The van der Waals surface area contributed by atoms with Crippen molar-refractivity contribution in [2.45, 2.75) is 13.0 Å². The van der Waals surface area contributed by atoms with Crippen LogP contribution in [0, 0.1) is 0 Å². The molecule has 2 amide bonds. The van der Waals surface area contributed by atoms with Crippen molar-refractivity contribution in [1.82, 2.24) is 14.7 Å². The second-order valence-electron chi connectivity index (χ2n) is 3.50. The molecule has 1 rings (SSSR count). The second-order valence-corrected chi connectivity index (χ2v) is 3.50. The van der Waals surface area contributed by atoms with Gasteiger partial charge in [-0.1, -0.05) is 0 Å². The summed E-state index contributed by atoms with van der Waals surface area (Å²) >= 11 is 0. The Morgan fingerprint density at radius 3 is 2.93 bits per heavy atom. The van der Waals surface area contributed by atoms with E-state index in [1.54, 1.807) is 35.9 Å². The highest BCUT2D eigenvalue weighted by Gasteiger charge is 2.14. The van der Waals surface area contributed by atoms with Crippen molar-refractivity contribution < 1.29 is 4.79 Å². The SMILES string of the molecule is CC(CN)N(C)C(=O)Nc1ccn(C)n1. The summed E-state index contributed by atoms with van der Waals surface area (Å²) in [6.07, 6.45) is 1.77. The number of nitrogens with zero attached hydrogens (tertiary/aromatic N) is 3. The Balaban J connectivity index is 2.55. The minimum absolute atomic E-state index is 0.00807. The largest absolute Gasteiger partial charge is 0.328 e. The lowest BCUT2D eigenvalue weighted by molar-refractivity contribution is 0.209. The van der Waals surface area contributed by atoms with E-state index in [2.05, 4.69) is 10.4 Å². The van der Waals surface area contributed by atoms with Crippen molar-refractivity contribution in [3.63, 3.8) is 0 Å². The van der Waals surface area contributed by atoms with E-state index >= 15 is 0 Å². The van der Waals surface area contributed by atoms with Gasteiger partial charge in [-0.05, 0) is 6.92 Å². The van der Waals surface area contributed by atoms with Gasteiger partial charge in [0, 0.05) is 38.9 Å². The van der Waals surface area contributed by atoms with Gasteiger partial charge in [-0.3, -0.25) is 10.00 Å². The fourth-order valence-electron chi connectivity index (χ4n) is 1.04. The maximum absolute atomic E-state index is 11.6. The summed E-state index contributed by atoms with van der Waals surface area (Å²) in [5, 5.41) is 6.72. The monoisotopic (exact) mass is 211 g/mol. The third kappa shape index (κ3) is 2.95. The van der Waals surface area contributed by atoms with Gasteiger partial charge >= 0.3 is 6.03 Å². The summed E-state index contributed by atoms with van der Waals surface area (Å²) in [4.78, 5) is 13.2. The van der Waals surface area contributed by atoms with Crippen molar-refractivity contribution in [3.05, 3.63) is 12.3 Å². The van der Waals surface area contributed by atoms with Crippen molar-refractivity contribution >= 4 is 11.8 Å². The van der Waals surface area contributed by atoms with Gasteiger partial charge < -0.3 is 10.6 Å². The molecule has 84 valence electrons. The lowest BCUT2D eigenvalue weighted by Crippen LogP contribution is -2.42. The number of aromatic nitrogens is 2. The summed E-state index contributed by atoms with van der Waals surface area (Å²) in [6, 6.07) is 1.54. The number of anilines is 1. The van der Waals surface area contributed by atoms with E-state index in [9.17, 15) is 4.79 Å². The average Bonchev–Trinajstić information content (AvgIpc) is 2.61. The third-order valence-corrected chi connectivity index (χ3v) is 2.27. The molecule has 0 aromatic carbocycles. The molecule has 0 radical (unpaired) electrons. The fourth-order valence-corrected chi connectivity index (χ4v) is 1.04. The second kappa shape index (κ2) is 4.79. The molecule has 0 aliphatic carbocycles. The van der Waals surface area contributed by atoms with Gasteiger partial charge in [-0.15, -0.1) is 0 Å². The Morgan fingerprint density at radius 2 is 2.47 bits per heavy atom. The topological polar surface area (TPSA) is 76.2 Å². The molecule has 0 saturated heterocycles. The van der Waals surface area contributed by atoms with Crippen LogP contribution >= 0.6 is 0 Å². The Morgan fingerprint density at radius 1 is 1.80 bits per heavy atom. The van der Waals surface area contributed by atoms with Gasteiger partial charge in [0.25, 0.3) is 0 Å². The Kier molecular flexibility index (Phi) is 3.68. The quantitative estimate of drug-likeness (QED) is 0.751. The van der Waals surface area contributed by atoms with E-state index in [0.717, 1.165) is 0 Å². The number of aryl methyl sites for hydroxylation is 1. The first-order valence-electron chi connectivity index (χ1n) is 4.78. The van der Waals surface area contributed by atoms with Crippen molar-refractivity contribution in [2.75, 3.05) is 18.9 Å². The zero-order valence-corrected chi connectivity index (χ0v) is 9.27. The molecule has 0 bridgehead atoms. The van der Waals surface area contributed by atoms with Crippen LogP contribution in [0.15, 0.2) is 12.3 Å². The van der Waals surface area contributed by atoms with Crippen LogP contribution < -0.4 is 11.1 Å². The summed E-state index contributed by atoms with van der Waals surface area (Å²) < 4.78 is 1.63. The first-order chi connectivity index (χ1) is 7.04. The standard InChI is InChI=1S/C9H17N5O/c1-7(6-10)14(3)9(15)11-8-4-5-13(2)12-8/h4-5,7H,6,10H2,1-3H3,(H,11,12,15). The molecule has 6 nitrogen and oxygen atoms in total. The van der Waals surface area contributed by atoms with E-state index in [1.807, 2.05) is 6.92 Å². The first kappa shape index (κ1) is 11.5. The normalized spacial score (nSPS) is 12.3. The van der Waals surface area contributed by atoms with Crippen LogP contribution in [0.25, 0.3) is 0 Å². The lowest BCUT2D eigenvalue weighted by atomic mass is 10.3. The molecule has 1 aromatic heterocycles. The summed E-state index contributed by atoms with van der Waals surface area (Å²) in [7, 11) is 3.50. The molecule has 1 heterocycles. The highest BCUT2D eigenvalue weighted by atomic mass is 16.2. The van der Waals surface area contributed by atoms with Gasteiger partial charge in [0.15, 0.2) is 5.82 Å². The molecule has 15 heavy (non-hydrogen) atoms. The summed E-state index contributed by atoms with van der Waals surface area (Å²) in [5.74, 6) is 0.540. The van der Waals surface area contributed by atoms with E-state index in [4.69, 9.17) is 5.73 Å². The molecule has 1 unspecified atom stereocenters. The van der Waals surface area contributed by atoms with Gasteiger partial charge in [0.1, 0.15) is 0 Å². The number of nitrogens with two attached hydrogens (primary N) is 1. The number of rotatable bonds is 3. The Hall–Kier alpha value is -1.56. The predicted molar refractivity (Wildman–Crippen MR) is 58.5 cm³/mol. The number of hydrogen-bond donors (Lipinski definition) is 2. The van der Waals surface area contributed by atoms with Crippen LogP contribution in [0.2, 0.25) is 0 Å². The molecule has 0 saturated carbocycles. The molecule has 6 heteroatoms. The highest BCUT2D eigenvalue weighted by molar-refractivity contribution is 5.88. The molecule has 0 aliphatic heterocycles. The summed E-state index contributed by atoms with van der Waals surface area (Å²) in [5.41, 5.74) is 5.47. The molecule has 0 aliphatic rings. The fraction of sp³-hybridized carbons (Fsp3) is 0.556. The van der Waals surface area contributed by atoms with Gasteiger partial charge in [0.05, 0.1) is 0 Å². The molecule has 0 fully saturated rings. The highest BCUT2D eigenvalue weighted by Crippen LogP contribution is 2.03. The molecular formula is C9H17N5O. The maximum Gasteiger partial charge on any atom is 0.323 e. The average molecular weight is 211 g/mol. The van der Waals surface area contributed by atoms with Crippen LogP contribution in [0.4, 0.5) is 10.6 Å². The zero-order valence-electron chi connectivity index (χ0n) is 9.27. The maximum atomic E-state index is 11.6. The molecule has 3 N–H and O–H groups in total. The number of carbonyl (C=O) groups excluding carboxylic acids is 1. The van der Waals surface area contributed by atoms with Gasteiger partial charge in [-0.2, -0.15) is 5.10 Å². The van der Waals surface area contributed by atoms with E-state index < -0.39 is 0 Å². The van der Waals surface area contributed by atoms with Crippen LogP contribution in [0.1, 0.15) is 6.92 Å². The van der Waals surface area contributed by atoms with E-state index in [1.165, 1.54) is 0 Å². The van der Waals surface area contributed by atoms with E-state index in [-0.39, 0.29) is 12.1 Å². The molecule has 1 atom stereocenters. The number of likely N-dealkylation sites (N-methyl/N-ethyl adjacent to an activating group) is 1. The molecular weight excluding hydrogens is 194 g/mol.